The van der Waals surface area contributed by atoms with E-state index in [4.69, 9.17) is 9.26 Å². The van der Waals surface area contributed by atoms with Crippen LogP contribution in [0.1, 0.15) is 50.7 Å². The first-order chi connectivity index (χ1) is 8.79. The van der Waals surface area contributed by atoms with Gasteiger partial charge in [-0.1, -0.05) is 12.1 Å². The Balaban J connectivity index is 1.82. The molecule has 2 atom stereocenters. The van der Waals surface area contributed by atoms with Gasteiger partial charge in [0, 0.05) is 25.0 Å². The molecule has 18 heavy (non-hydrogen) atoms. The van der Waals surface area contributed by atoms with Crippen molar-refractivity contribution in [3.63, 3.8) is 0 Å². The molecule has 102 valence electrons. The van der Waals surface area contributed by atoms with Crippen molar-refractivity contribution >= 4 is 0 Å². The second kappa shape index (κ2) is 6.85. The second-order valence-electron chi connectivity index (χ2n) is 4.96. The van der Waals surface area contributed by atoms with E-state index in [0.717, 1.165) is 57.2 Å². The highest BCUT2D eigenvalue weighted by Crippen LogP contribution is 2.23. The van der Waals surface area contributed by atoms with Crippen LogP contribution in [0.3, 0.4) is 0 Å². The van der Waals surface area contributed by atoms with Gasteiger partial charge in [0.2, 0.25) is 5.89 Å². The molecular formula is C13H23N3O2. The van der Waals surface area contributed by atoms with Crippen LogP contribution in [0.25, 0.3) is 0 Å². The van der Waals surface area contributed by atoms with Crippen LogP contribution >= 0.6 is 0 Å². The summed E-state index contributed by atoms with van der Waals surface area (Å²) in [6.07, 6.45) is 4.06. The molecule has 1 saturated heterocycles. The highest BCUT2D eigenvalue weighted by molar-refractivity contribution is 4.97. The summed E-state index contributed by atoms with van der Waals surface area (Å²) in [4.78, 5) is 4.48. The third-order valence-corrected chi connectivity index (χ3v) is 3.35. The van der Waals surface area contributed by atoms with Gasteiger partial charge in [0.25, 0.3) is 0 Å². The average Bonchev–Trinajstić information content (AvgIpc) is 2.87. The van der Waals surface area contributed by atoms with Gasteiger partial charge in [-0.25, -0.2) is 0 Å². The maximum atomic E-state index is 5.44. The lowest BCUT2D eigenvalue weighted by Gasteiger charge is -2.18. The first-order valence-corrected chi connectivity index (χ1v) is 6.93. The van der Waals surface area contributed by atoms with E-state index >= 15 is 0 Å². The monoisotopic (exact) mass is 253 g/mol. The van der Waals surface area contributed by atoms with E-state index in [1.165, 1.54) is 0 Å². The zero-order valence-corrected chi connectivity index (χ0v) is 11.3. The SMILES string of the molecule is CCNC(C)CCc1nc(C2CCCOC2)no1. The van der Waals surface area contributed by atoms with E-state index in [1.807, 2.05) is 0 Å². The molecule has 0 spiro atoms. The van der Waals surface area contributed by atoms with Crippen molar-refractivity contribution in [1.29, 1.82) is 0 Å². The van der Waals surface area contributed by atoms with E-state index in [2.05, 4.69) is 29.3 Å². The van der Waals surface area contributed by atoms with Crippen LogP contribution in [0, 0.1) is 0 Å². The third-order valence-electron chi connectivity index (χ3n) is 3.35. The van der Waals surface area contributed by atoms with Crippen LogP contribution in [-0.2, 0) is 11.2 Å². The van der Waals surface area contributed by atoms with E-state index in [-0.39, 0.29) is 0 Å². The Morgan fingerprint density at radius 3 is 3.11 bits per heavy atom. The van der Waals surface area contributed by atoms with E-state index < -0.39 is 0 Å². The molecule has 1 fully saturated rings. The number of hydrogen-bond donors (Lipinski definition) is 1. The van der Waals surface area contributed by atoms with Gasteiger partial charge < -0.3 is 14.6 Å². The Morgan fingerprint density at radius 2 is 2.39 bits per heavy atom. The number of aryl methyl sites for hydroxylation is 1. The molecule has 2 unspecified atom stereocenters. The Bertz CT molecular complexity index is 348. The van der Waals surface area contributed by atoms with Gasteiger partial charge in [-0.15, -0.1) is 0 Å². The lowest BCUT2D eigenvalue weighted by Crippen LogP contribution is -2.25. The number of hydrogen-bond acceptors (Lipinski definition) is 5. The third kappa shape index (κ3) is 3.78. The molecule has 0 aromatic carbocycles. The lowest BCUT2D eigenvalue weighted by atomic mass is 10.0. The van der Waals surface area contributed by atoms with Crippen molar-refractivity contribution in [2.45, 2.75) is 51.5 Å². The summed E-state index contributed by atoms with van der Waals surface area (Å²) in [6, 6.07) is 0.489. The first-order valence-electron chi connectivity index (χ1n) is 6.93. The molecule has 0 radical (unpaired) electrons. The molecule has 0 aliphatic carbocycles. The lowest BCUT2D eigenvalue weighted by molar-refractivity contribution is 0.0773. The number of nitrogens with one attached hydrogen (secondary N) is 1. The van der Waals surface area contributed by atoms with Crippen molar-refractivity contribution in [3.8, 4) is 0 Å². The largest absolute Gasteiger partial charge is 0.381 e. The second-order valence-corrected chi connectivity index (χ2v) is 4.96. The minimum absolute atomic E-state index is 0.322. The molecule has 1 aromatic rings. The quantitative estimate of drug-likeness (QED) is 0.839. The molecule has 1 N–H and O–H groups in total. The minimum atomic E-state index is 0.322. The van der Waals surface area contributed by atoms with Crippen molar-refractivity contribution in [3.05, 3.63) is 11.7 Å². The molecule has 5 nitrogen and oxygen atoms in total. The summed E-state index contributed by atoms with van der Waals surface area (Å²) < 4.78 is 10.7. The van der Waals surface area contributed by atoms with Crippen LogP contribution in [0.2, 0.25) is 0 Å². The number of rotatable bonds is 6. The predicted octanol–water partition coefficient (Wildman–Crippen LogP) is 1.89. The number of nitrogens with zero attached hydrogens (tertiary/aromatic N) is 2. The molecule has 1 aliphatic rings. The van der Waals surface area contributed by atoms with Gasteiger partial charge >= 0.3 is 0 Å². The molecule has 0 saturated carbocycles. The van der Waals surface area contributed by atoms with Crippen LogP contribution in [0.15, 0.2) is 4.52 Å². The number of aromatic nitrogens is 2. The fourth-order valence-corrected chi connectivity index (χ4v) is 2.27. The summed E-state index contributed by atoms with van der Waals surface area (Å²) in [7, 11) is 0. The average molecular weight is 253 g/mol. The standard InChI is InChI=1S/C13H23N3O2/c1-3-14-10(2)6-7-12-15-13(16-18-12)11-5-4-8-17-9-11/h10-11,14H,3-9H2,1-2H3. The van der Waals surface area contributed by atoms with Gasteiger partial charge in [-0.3, -0.25) is 0 Å². The first kappa shape index (κ1) is 13.5. The Kier molecular flexibility index (Phi) is 5.13. The van der Waals surface area contributed by atoms with Crippen molar-refractivity contribution in [1.82, 2.24) is 15.5 Å². The Hall–Kier alpha value is -0.940. The molecule has 1 aromatic heterocycles. The summed E-state index contributed by atoms with van der Waals surface area (Å²) in [5.41, 5.74) is 0. The topological polar surface area (TPSA) is 60.2 Å². The van der Waals surface area contributed by atoms with Crippen LogP contribution in [0.5, 0.6) is 0 Å². The van der Waals surface area contributed by atoms with E-state index in [1.54, 1.807) is 0 Å². The molecule has 2 rings (SSSR count). The molecule has 5 heteroatoms. The fourth-order valence-electron chi connectivity index (χ4n) is 2.27. The summed E-state index contributed by atoms with van der Waals surface area (Å²) in [5, 5.41) is 7.45. The smallest absolute Gasteiger partial charge is 0.226 e. The molecule has 0 bridgehead atoms. The predicted molar refractivity (Wildman–Crippen MR) is 68.6 cm³/mol. The van der Waals surface area contributed by atoms with Gasteiger partial charge in [0.05, 0.1) is 6.61 Å². The maximum absolute atomic E-state index is 5.44. The van der Waals surface area contributed by atoms with Gasteiger partial charge in [-0.05, 0) is 32.7 Å². The van der Waals surface area contributed by atoms with Crippen molar-refractivity contribution in [2.75, 3.05) is 19.8 Å². The Labute approximate surface area is 108 Å². The fraction of sp³-hybridized carbons (Fsp3) is 0.846. The normalized spacial score (nSPS) is 22.0. The van der Waals surface area contributed by atoms with Gasteiger partial charge in [-0.2, -0.15) is 4.98 Å². The Morgan fingerprint density at radius 1 is 1.50 bits per heavy atom. The van der Waals surface area contributed by atoms with Crippen molar-refractivity contribution in [2.24, 2.45) is 0 Å². The molecule has 2 heterocycles. The van der Waals surface area contributed by atoms with Crippen molar-refractivity contribution < 1.29 is 9.26 Å². The number of ether oxygens (including phenoxy) is 1. The molecule has 1 aliphatic heterocycles. The molecular weight excluding hydrogens is 230 g/mol. The van der Waals surface area contributed by atoms with Gasteiger partial charge in [0.15, 0.2) is 5.82 Å². The summed E-state index contributed by atoms with van der Waals surface area (Å²) in [6.45, 7) is 6.88. The minimum Gasteiger partial charge on any atom is -0.381 e. The van der Waals surface area contributed by atoms with Crippen LogP contribution < -0.4 is 5.32 Å². The van der Waals surface area contributed by atoms with E-state index in [0.29, 0.717) is 12.0 Å². The maximum Gasteiger partial charge on any atom is 0.226 e. The summed E-state index contributed by atoms with van der Waals surface area (Å²) >= 11 is 0. The zero-order valence-electron chi connectivity index (χ0n) is 11.3. The van der Waals surface area contributed by atoms with Crippen LogP contribution in [0.4, 0.5) is 0 Å². The molecule has 0 amide bonds. The summed E-state index contributed by atoms with van der Waals surface area (Å²) in [5.74, 6) is 1.89. The highest BCUT2D eigenvalue weighted by Gasteiger charge is 2.21. The van der Waals surface area contributed by atoms with E-state index in [9.17, 15) is 0 Å². The van der Waals surface area contributed by atoms with Crippen LogP contribution in [-0.4, -0.2) is 35.9 Å². The zero-order chi connectivity index (χ0) is 12.8. The van der Waals surface area contributed by atoms with Gasteiger partial charge in [0.1, 0.15) is 0 Å². The highest BCUT2D eigenvalue weighted by atomic mass is 16.5.